The van der Waals surface area contributed by atoms with Crippen LogP contribution in [0.5, 0.6) is 0 Å². The molecule has 2 amide bonds. The van der Waals surface area contributed by atoms with E-state index in [-0.39, 0.29) is 36.0 Å². The second-order valence-electron chi connectivity index (χ2n) is 7.15. The van der Waals surface area contributed by atoms with Crippen LogP contribution in [0.2, 0.25) is 0 Å². The number of nitrogens with two attached hydrogens (primary N) is 1. The molecule has 4 N–H and O–H groups in total. The Hall–Kier alpha value is -2.15. The summed E-state index contributed by atoms with van der Waals surface area (Å²) < 4.78 is 1.33. The summed E-state index contributed by atoms with van der Waals surface area (Å²) in [5.41, 5.74) is 7.25. The third kappa shape index (κ3) is 4.92. The van der Waals surface area contributed by atoms with Gasteiger partial charge in [0.15, 0.2) is 0 Å². The van der Waals surface area contributed by atoms with Gasteiger partial charge in [-0.2, -0.15) is 0 Å². The number of nitrogens with zero attached hydrogens (tertiary/aromatic N) is 1. The molecule has 0 aliphatic heterocycles. The molecule has 138 valence electrons. The molecule has 1 aromatic heterocycles. The molecular weight excluding hydrogens is 320 g/mol. The minimum absolute atomic E-state index is 0.0133. The van der Waals surface area contributed by atoms with Crippen LogP contribution in [0.25, 0.3) is 0 Å². The highest BCUT2D eigenvalue weighted by Crippen LogP contribution is 2.31. The molecule has 0 saturated heterocycles. The predicted octanol–water partition coefficient (Wildman–Crippen LogP) is 0.457. The van der Waals surface area contributed by atoms with Crippen LogP contribution >= 0.6 is 0 Å². The highest BCUT2D eigenvalue weighted by Gasteiger charge is 2.29. The van der Waals surface area contributed by atoms with Gasteiger partial charge in [-0.05, 0) is 52.0 Å². The molecule has 2 rings (SSSR count). The molecule has 1 heterocycles. The summed E-state index contributed by atoms with van der Waals surface area (Å²) in [5.74, 6) is -0.0218. The molecule has 1 unspecified atom stereocenters. The molecule has 0 radical (unpaired) electrons. The van der Waals surface area contributed by atoms with Gasteiger partial charge in [0.1, 0.15) is 6.54 Å². The molecule has 1 aliphatic rings. The van der Waals surface area contributed by atoms with Gasteiger partial charge in [-0.1, -0.05) is 0 Å². The van der Waals surface area contributed by atoms with Gasteiger partial charge in [0.2, 0.25) is 5.91 Å². The number of hydrogen-bond donors (Lipinski definition) is 3. The van der Waals surface area contributed by atoms with E-state index in [9.17, 15) is 14.4 Å². The Morgan fingerprint density at radius 3 is 2.52 bits per heavy atom. The first-order chi connectivity index (χ1) is 11.7. The summed E-state index contributed by atoms with van der Waals surface area (Å²) in [4.78, 5) is 36.8. The number of aryl methyl sites for hydroxylation is 1. The SMILES string of the molecule is Cc1cc(=O)n(CC(=O)NC(C)C)c(C)c1C(=O)NCC(N)C1CC1. The Labute approximate surface area is 148 Å². The number of amides is 2. The van der Waals surface area contributed by atoms with E-state index in [0.717, 1.165) is 12.8 Å². The van der Waals surface area contributed by atoms with Crippen LogP contribution in [0.3, 0.4) is 0 Å². The first-order valence-electron chi connectivity index (χ1n) is 8.75. The molecule has 7 nitrogen and oxygen atoms in total. The topological polar surface area (TPSA) is 106 Å². The Kier molecular flexibility index (Phi) is 6.00. The van der Waals surface area contributed by atoms with E-state index in [2.05, 4.69) is 10.6 Å². The van der Waals surface area contributed by atoms with Crippen molar-refractivity contribution >= 4 is 11.8 Å². The van der Waals surface area contributed by atoms with Gasteiger partial charge in [0, 0.05) is 30.4 Å². The minimum atomic E-state index is -0.292. The zero-order valence-corrected chi connectivity index (χ0v) is 15.4. The Morgan fingerprint density at radius 1 is 1.32 bits per heavy atom. The lowest BCUT2D eigenvalue weighted by Gasteiger charge is -2.18. The summed E-state index contributed by atoms with van der Waals surface area (Å²) in [5, 5.41) is 5.61. The van der Waals surface area contributed by atoms with E-state index in [1.54, 1.807) is 13.8 Å². The molecule has 0 spiro atoms. The number of aromatic nitrogens is 1. The number of pyridine rings is 1. The van der Waals surface area contributed by atoms with E-state index in [1.807, 2.05) is 13.8 Å². The summed E-state index contributed by atoms with van der Waals surface area (Å²) in [7, 11) is 0. The third-order valence-corrected chi connectivity index (χ3v) is 4.47. The normalized spacial score (nSPS) is 15.1. The maximum absolute atomic E-state index is 12.6. The molecule has 0 aromatic carbocycles. The van der Waals surface area contributed by atoms with Gasteiger partial charge < -0.3 is 20.9 Å². The molecule has 1 saturated carbocycles. The third-order valence-electron chi connectivity index (χ3n) is 4.47. The van der Waals surface area contributed by atoms with Crippen molar-refractivity contribution in [3.8, 4) is 0 Å². The van der Waals surface area contributed by atoms with E-state index in [0.29, 0.717) is 29.3 Å². The molecule has 7 heteroatoms. The fourth-order valence-corrected chi connectivity index (χ4v) is 2.96. The van der Waals surface area contributed by atoms with Crippen molar-refractivity contribution in [2.75, 3.05) is 6.54 Å². The standard InChI is InChI=1S/C18H28N4O3/c1-10(2)21-15(23)9-22-12(4)17(11(3)7-16(22)24)18(25)20-8-14(19)13-5-6-13/h7,10,13-14H,5-6,8-9,19H2,1-4H3,(H,20,25)(H,21,23). The number of nitrogens with one attached hydrogen (secondary N) is 2. The number of rotatable bonds is 7. The maximum Gasteiger partial charge on any atom is 0.253 e. The number of carbonyl (C=O) groups excluding carboxylic acids is 2. The summed E-state index contributed by atoms with van der Waals surface area (Å²) in [6.07, 6.45) is 2.23. The molecular formula is C18H28N4O3. The summed E-state index contributed by atoms with van der Waals surface area (Å²) in [6, 6.07) is 1.35. The van der Waals surface area contributed by atoms with Crippen molar-refractivity contribution in [1.82, 2.24) is 15.2 Å². The fourth-order valence-electron chi connectivity index (χ4n) is 2.96. The van der Waals surface area contributed by atoms with Crippen molar-refractivity contribution in [1.29, 1.82) is 0 Å². The first-order valence-corrected chi connectivity index (χ1v) is 8.75. The van der Waals surface area contributed by atoms with Gasteiger partial charge in [-0.15, -0.1) is 0 Å². The van der Waals surface area contributed by atoms with Gasteiger partial charge in [-0.25, -0.2) is 0 Å². The Morgan fingerprint density at radius 2 is 1.96 bits per heavy atom. The molecule has 1 fully saturated rings. The van der Waals surface area contributed by atoms with Crippen molar-refractivity contribution in [2.24, 2.45) is 11.7 Å². The van der Waals surface area contributed by atoms with Crippen LogP contribution in [0, 0.1) is 19.8 Å². The predicted molar refractivity (Wildman–Crippen MR) is 96.5 cm³/mol. The van der Waals surface area contributed by atoms with Gasteiger partial charge >= 0.3 is 0 Å². The van der Waals surface area contributed by atoms with Gasteiger partial charge in [0.25, 0.3) is 11.5 Å². The molecule has 1 aliphatic carbocycles. The summed E-state index contributed by atoms with van der Waals surface area (Å²) >= 11 is 0. The van der Waals surface area contributed by atoms with Crippen molar-refractivity contribution < 1.29 is 9.59 Å². The lowest BCUT2D eigenvalue weighted by Crippen LogP contribution is -2.40. The number of hydrogen-bond acceptors (Lipinski definition) is 4. The average molecular weight is 348 g/mol. The Bertz CT molecular complexity index is 720. The van der Waals surface area contributed by atoms with Crippen LogP contribution in [0.4, 0.5) is 0 Å². The van der Waals surface area contributed by atoms with E-state index < -0.39 is 0 Å². The summed E-state index contributed by atoms with van der Waals surface area (Å²) in [6.45, 7) is 7.42. The fraction of sp³-hybridized carbons (Fsp3) is 0.611. The van der Waals surface area contributed by atoms with Gasteiger partial charge in [0.05, 0.1) is 5.56 Å². The van der Waals surface area contributed by atoms with Crippen molar-refractivity contribution in [2.45, 2.75) is 59.2 Å². The van der Waals surface area contributed by atoms with Crippen molar-refractivity contribution in [3.05, 3.63) is 33.2 Å². The monoisotopic (exact) mass is 348 g/mol. The van der Waals surface area contributed by atoms with E-state index in [1.165, 1.54) is 10.6 Å². The second-order valence-corrected chi connectivity index (χ2v) is 7.15. The lowest BCUT2D eigenvalue weighted by molar-refractivity contribution is -0.122. The van der Waals surface area contributed by atoms with Crippen molar-refractivity contribution in [3.63, 3.8) is 0 Å². The zero-order valence-electron chi connectivity index (χ0n) is 15.4. The molecule has 1 atom stereocenters. The largest absolute Gasteiger partial charge is 0.352 e. The zero-order chi connectivity index (χ0) is 18.7. The Balaban J connectivity index is 2.19. The highest BCUT2D eigenvalue weighted by atomic mass is 16.2. The van der Waals surface area contributed by atoms with Gasteiger partial charge in [-0.3, -0.25) is 14.4 Å². The van der Waals surface area contributed by atoms with Crippen LogP contribution in [-0.4, -0.2) is 35.0 Å². The highest BCUT2D eigenvalue weighted by molar-refractivity contribution is 5.96. The maximum atomic E-state index is 12.6. The van der Waals surface area contributed by atoms with E-state index >= 15 is 0 Å². The smallest absolute Gasteiger partial charge is 0.253 e. The van der Waals surface area contributed by atoms with Crippen LogP contribution in [0.15, 0.2) is 10.9 Å². The lowest BCUT2D eigenvalue weighted by atomic mass is 10.1. The molecule has 25 heavy (non-hydrogen) atoms. The average Bonchev–Trinajstić information content (AvgIpc) is 3.32. The first kappa shape index (κ1) is 19.2. The van der Waals surface area contributed by atoms with E-state index in [4.69, 9.17) is 5.73 Å². The molecule has 1 aromatic rings. The van der Waals surface area contributed by atoms with Crippen LogP contribution in [0.1, 0.15) is 48.3 Å². The quantitative estimate of drug-likeness (QED) is 0.665. The molecule has 0 bridgehead atoms. The minimum Gasteiger partial charge on any atom is -0.352 e. The second kappa shape index (κ2) is 7.82. The number of carbonyl (C=O) groups is 2. The van der Waals surface area contributed by atoms with Crippen LogP contribution < -0.4 is 21.9 Å². The van der Waals surface area contributed by atoms with Crippen LogP contribution in [-0.2, 0) is 11.3 Å².